The quantitative estimate of drug-likeness (QED) is 0.470. The summed E-state index contributed by atoms with van der Waals surface area (Å²) >= 11 is 0. The zero-order chi connectivity index (χ0) is 30.9. The van der Waals surface area contributed by atoms with E-state index in [2.05, 4.69) is 0 Å². The summed E-state index contributed by atoms with van der Waals surface area (Å²) < 4.78 is 125. The standard InChI is InChI=1S/C13H12.C7H8.C2H6/c1-11-7-9-13(10-8-11)12-5-3-2-4-6-12;1-7-5-3-2-4-6-7;1-2/h2-10H,1H3;2-6H,1H3;1-2H3/i2D,3D,4D,5D,6D,7D,8D,9D,10D;2D,3D,4D,5D,6D;1D3. The van der Waals surface area contributed by atoms with Crippen LogP contribution in [-0.2, 0) is 0 Å². The van der Waals surface area contributed by atoms with E-state index in [1.165, 1.54) is 20.8 Å². The molecule has 0 atom stereocenters. The van der Waals surface area contributed by atoms with E-state index in [-0.39, 0.29) is 59.0 Å². The fourth-order valence-corrected chi connectivity index (χ4v) is 1.19. The zero-order valence-corrected chi connectivity index (χ0v) is 12.5. The Balaban J connectivity index is 0.000000373. The minimum atomic E-state index is -1.75. The van der Waals surface area contributed by atoms with Gasteiger partial charge in [-0.1, -0.05) is 109 Å². The molecule has 0 radical (unpaired) electrons. The molecule has 0 unspecified atom stereocenters. The molecule has 3 aromatic rings. The molecular formula is C22H26. The van der Waals surface area contributed by atoms with Gasteiger partial charge in [-0.05, 0) is 25.0 Å². The van der Waals surface area contributed by atoms with E-state index in [0.717, 1.165) is 0 Å². The molecule has 0 spiro atoms. The topological polar surface area (TPSA) is 0 Å². The van der Waals surface area contributed by atoms with Gasteiger partial charge in [-0.25, -0.2) is 0 Å². The molecule has 0 aliphatic carbocycles. The second-order valence-corrected chi connectivity index (χ2v) is 3.75. The van der Waals surface area contributed by atoms with E-state index >= 15 is 0 Å². The summed E-state index contributed by atoms with van der Waals surface area (Å²) in [7, 11) is 0. The maximum absolute atomic E-state index is 7.97. The molecule has 0 saturated heterocycles. The Bertz CT molecular complexity index is 1170. The first kappa shape index (κ1) is 5.09. The first-order chi connectivity index (χ1) is 17.6. The van der Waals surface area contributed by atoms with Gasteiger partial charge in [0, 0.05) is 4.11 Å². The Morgan fingerprint density at radius 2 is 0.955 bits per heavy atom. The SMILES string of the molecule is [2H]C([2H])([2H])C.[2H]c1c([2H])c([2H])c(-c2c([2H])c([2H])c(C)c([2H])c2[2H])c([2H])c1[2H].[2H]c1c([2H])c([2H])c(C)c([2H])c1[2H]. The summed E-state index contributed by atoms with van der Waals surface area (Å²) in [4.78, 5) is 0. The number of rotatable bonds is 1. The molecule has 0 heterocycles. The van der Waals surface area contributed by atoms with Gasteiger partial charge in [0.1, 0.15) is 0 Å². The van der Waals surface area contributed by atoms with Gasteiger partial charge in [0.05, 0.1) is 19.2 Å². The largest absolute Gasteiger partial charge is 0.0683 e. The molecule has 3 aromatic carbocycles. The lowest BCUT2D eigenvalue weighted by molar-refractivity contribution is 1.47. The molecule has 0 fully saturated rings. The summed E-state index contributed by atoms with van der Waals surface area (Å²) in [5.41, 5.74) is -0.160. The highest BCUT2D eigenvalue weighted by Gasteiger charge is 1.93. The zero-order valence-electron chi connectivity index (χ0n) is 29.5. The van der Waals surface area contributed by atoms with Gasteiger partial charge in [-0.15, -0.1) is 0 Å². The van der Waals surface area contributed by atoms with E-state index in [4.69, 9.17) is 23.3 Å². The summed E-state index contributed by atoms with van der Waals surface area (Å²) in [5.74, 6) is 0. The minimum absolute atomic E-state index is 0.124. The average Bonchev–Trinajstić information content (AvgIpc) is 2.86. The van der Waals surface area contributed by atoms with Crippen molar-refractivity contribution in [2.24, 2.45) is 0 Å². The third kappa shape index (κ3) is 6.41. The van der Waals surface area contributed by atoms with E-state index in [1.807, 2.05) is 0 Å². The third-order valence-corrected chi connectivity index (χ3v) is 2.12. The second kappa shape index (κ2) is 10.4. The molecule has 22 heavy (non-hydrogen) atoms. The monoisotopic (exact) mass is 307 g/mol. The molecule has 0 bridgehead atoms. The van der Waals surface area contributed by atoms with Gasteiger partial charge in [-0.2, -0.15) is 0 Å². The van der Waals surface area contributed by atoms with Gasteiger partial charge < -0.3 is 0 Å². The van der Waals surface area contributed by atoms with Gasteiger partial charge in [-0.3, -0.25) is 0 Å². The van der Waals surface area contributed by atoms with Crippen molar-refractivity contribution in [3.8, 4) is 11.1 Å². The molecule has 114 valence electrons. The number of benzene rings is 3. The van der Waals surface area contributed by atoms with E-state index in [0.29, 0.717) is 5.56 Å². The van der Waals surface area contributed by atoms with Gasteiger partial charge >= 0.3 is 0 Å². The van der Waals surface area contributed by atoms with Crippen LogP contribution in [-0.4, -0.2) is 0 Å². The Hall–Kier alpha value is -2.34. The first-order valence-corrected chi connectivity index (χ1v) is 6.25. The van der Waals surface area contributed by atoms with Crippen molar-refractivity contribution in [1.82, 2.24) is 0 Å². The van der Waals surface area contributed by atoms with Crippen molar-refractivity contribution in [1.29, 1.82) is 0 Å². The van der Waals surface area contributed by atoms with Crippen LogP contribution in [0.25, 0.3) is 11.1 Å². The molecule has 3 rings (SSSR count). The molecule has 0 aliphatic rings. The second-order valence-electron chi connectivity index (χ2n) is 3.75. The van der Waals surface area contributed by atoms with Crippen molar-refractivity contribution in [3.05, 3.63) is 95.7 Å². The lowest BCUT2D eigenvalue weighted by atomic mass is 10.0. The maximum atomic E-state index is 7.97. The predicted octanol–water partition coefficient (Wildman–Crippen LogP) is 6.68. The van der Waals surface area contributed by atoms with E-state index < -0.39 is 49.1 Å². The Labute approximate surface area is 159 Å². The third-order valence-electron chi connectivity index (χ3n) is 2.12. The molecule has 0 saturated carbocycles. The fourth-order valence-electron chi connectivity index (χ4n) is 1.19. The molecule has 0 N–H and O–H groups in total. The van der Waals surface area contributed by atoms with Crippen LogP contribution >= 0.6 is 0 Å². The summed E-state index contributed by atoms with van der Waals surface area (Å²) in [6.07, 6.45) is 0. The number of hydrogen-bond acceptors (Lipinski definition) is 0. The highest BCUT2D eigenvalue weighted by Crippen LogP contribution is 2.18. The van der Waals surface area contributed by atoms with Crippen LogP contribution in [0.1, 0.15) is 48.2 Å². The average molecular weight is 308 g/mol. The smallest absolute Gasteiger partial charge is 0.0629 e. The highest BCUT2D eigenvalue weighted by atomic mass is 14.0. The normalized spacial score (nSPS) is 20.4. The van der Waals surface area contributed by atoms with E-state index in [9.17, 15) is 0 Å². The van der Waals surface area contributed by atoms with Crippen molar-refractivity contribution in [2.75, 3.05) is 0 Å². The van der Waals surface area contributed by atoms with Crippen LogP contribution in [0.15, 0.2) is 84.6 Å². The summed E-state index contributed by atoms with van der Waals surface area (Å²) in [5, 5.41) is 0. The van der Waals surface area contributed by atoms with Crippen LogP contribution < -0.4 is 0 Å². The molecule has 0 nitrogen and oxygen atoms in total. The van der Waals surface area contributed by atoms with Crippen molar-refractivity contribution >= 4 is 0 Å². The minimum Gasteiger partial charge on any atom is -0.0683 e. The van der Waals surface area contributed by atoms with Crippen LogP contribution in [0.2, 0.25) is 0 Å². The molecule has 0 aromatic heterocycles. The lowest BCUT2D eigenvalue weighted by Crippen LogP contribution is -1.76. The fraction of sp³-hybridized carbons (Fsp3) is 0.182. The van der Waals surface area contributed by atoms with Crippen molar-refractivity contribution in [2.45, 2.75) is 27.6 Å². The summed E-state index contributed by atoms with van der Waals surface area (Å²) in [6, 6.07) is -5.35. The molecule has 0 aliphatic heterocycles. The maximum Gasteiger partial charge on any atom is 0.0629 e. The molecule has 0 heteroatoms. The van der Waals surface area contributed by atoms with Gasteiger partial charge in [0.25, 0.3) is 0 Å². The van der Waals surface area contributed by atoms with Crippen LogP contribution in [0.3, 0.4) is 0 Å². The Kier molecular flexibility index (Phi) is 2.41. The van der Waals surface area contributed by atoms with Crippen LogP contribution in [0.4, 0.5) is 0 Å². The van der Waals surface area contributed by atoms with E-state index in [1.54, 1.807) is 0 Å². The van der Waals surface area contributed by atoms with Crippen molar-refractivity contribution in [3.63, 3.8) is 0 Å². The van der Waals surface area contributed by atoms with Crippen LogP contribution in [0, 0.1) is 13.8 Å². The summed E-state index contributed by atoms with van der Waals surface area (Å²) in [6.45, 7) is 2.39. The molecular weight excluding hydrogens is 264 g/mol. The predicted molar refractivity (Wildman–Crippen MR) is 99.1 cm³/mol. The lowest BCUT2D eigenvalue weighted by Gasteiger charge is -2.00. The van der Waals surface area contributed by atoms with Gasteiger partial charge in [0.2, 0.25) is 0 Å². The number of hydrogen-bond donors (Lipinski definition) is 0. The Morgan fingerprint density at radius 1 is 0.591 bits per heavy atom. The highest BCUT2D eigenvalue weighted by molar-refractivity contribution is 5.63. The van der Waals surface area contributed by atoms with Gasteiger partial charge in [0.15, 0.2) is 0 Å². The molecule has 0 amide bonds. The van der Waals surface area contributed by atoms with Crippen LogP contribution in [0.5, 0.6) is 0 Å². The van der Waals surface area contributed by atoms with Crippen molar-refractivity contribution < 1.29 is 23.3 Å². The Morgan fingerprint density at radius 3 is 1.45 bits per heavy atom. The first-order valence-electron chi connectivity index (χ1n) is 14.8.